The Bertz CT molecular complexity index is 269. The Morgan fingerprint density at radius 1 is 1.47 bits per heavy atom. The van der Waals surface area contributed by atoms with E-state index in [9.17, 15) is 4.79 Å². The Morgan fingerprint density at radius 2 is 2.20 bits per heavy atom. The largest absolute Gasteiger partial charge is 0.348 e. The van der Waals surface area contributed by atoms with Crippen LogP contribution < -0.4 is 0 Å². The van der Waals surface area contributed by atoms with Gasteiger partial charge in [0.15, 0.2) is 11.6 Å². The van der Waals surface area contributed by atoms with Crippen molar-refractivity contribution in [1.29, 1.82) is 0 Å². The molecule has 2 fully saturated rings. The Kier molecular flexibility index (Phi) is 3.10. The maximum atomic E-state index is 11.9. The molecule has 0 aromatic rings. The number of carbonyl (C=O) groups is 1. The molecule has 0 spiro atoms. The van der Waals surface area contributed by atoms with Gasteiger partial charge in [-0.25, -0.2) is 0 Å². The van der Waals surface area contributed by atoms with Crippen molar-refractivity contribution >= 4 is 18.4 Å². The molecule has 0 aromatic heterocycles. The minimum absolute atomic E-state index is 0.196. The number of rotatable bonds is 3. The van der Waals surface area contributed by atoms with Crippen molar-refractivity contribution in [2.75, 3.05) is 19.0 Å². The first-order valence-corrected chi connectivity index (χ1v) is 6.20. The molecule has 2 atom stereocenters. The first-order valence-electron chi connectivity index (χ1n) is 5.57. The van der Waals surface area contributed by atoms with Crippen molar-refractivity contribution in [2.45, 2.75) is 38.4 Å². The van der Waals surface area contributed by atoms with Crippen LogP contribution in [0, 0.1) is 5.41 Å². The molecule has 1 saturated carbocycles. The Balaban J connectivity index is 2.21. The summed E-state index contributed by atoms with van der Waals surface area (Å²) in [7, 11) is 0. The summed E-state index contributed by atoms with van der Waals surface area (Å²) in [5.74, 6) is 0.210. The number of Topliss-reactive ketones (excluding diaryl/α,β-unsaturated/α-hetero) is 1. The lowest BCUT2D eigenvalue weighted by Gasteiger charge is -2.44. The van der Waals surface area contributed by atoms with E-state index in [1.807, 2.05) is 6.92 Å². The lowest BCUT2D eigenvalue weighted by molar-refractivity contribution is -0.266. The summed E-state index contributed by atoms with van der Waals surface area (Å²) >= 11 is 4.13. The van der Waals surface area contributed by atoms with E-state index in [-0.39, 0.29) is 12.4 Å². The summed E-state index contributed by atoms with van der Waals surface area (Å²) < 4.78 is 11.5. The zero-order valence-corrected chi connectivity index (χ0v) is 10.0. The maximum absolute atomic E-state index is 11.9. The monoisotopic (exact) mass is 230 g/mol. The second-order valence-electron chi connectivity index (χ2n) is 4.58. The van der Waals surface area contributed by atoms with Crippen LogP contribution in [0.4, 0.5) is 0 Å². The first kappa shape index (κ1) is 11.4. The van der Waals surface area contributed by atoms with Crippen LogP contribution in [0.15, 0.2) is 0 Å². The number of hydrogen-bond acceptors (Lipinski definition) is 4. The first-order chi connectivity index (χ1) is 7.15. The standard InChI is InChI=1S/C11H18O3S/c1-10-4-2-3-5-11(10,13-6-7-15)14-8-9(10)12/h15H,2-8H2,1H3/t10-,11-/m1/s1. The fourth-order valence-corrected chi connectivity index (χ4v) is 2.80. The van der Waals surface area contributed by atoms with Gasteiger partial charge in [-0.05, 0) is 19.8 Å². The zero-order chi connectivity index (χ0) is 10.9. The van der Waals surface area contributed by atoms with Gasteiger partial charge >= 0.3 is 0 Å². The average molecular weight is 230 g/mol. The maximum Gasteiger partial charge on any atom is 0.181 e. The summed E-state index contributed by atoms with van der Waals surface area (Å²) in [6, 6.07) is 0. The minimum atomic E-state index is -0.648. The third-order valence-corrected chi connectivity index (χ3v) is 3.93. The molecule has 0 N–H and O–H groups in total. The van der Waals surface area contributed by atoms with Crippen LogP contribution in [0.5, 0.6) is 0 Å². The topological polar surface area (TPSA) is 35.5 Å². The predicted octanol–water partition coefficient (Wildman–Crippen LogP) is 1.81. The summed E-state index contributed by atoms with van der Waals surface area (Å²) in [5.41, 5.74) is -0.422. The van der Waals surface area contributed by atoms with E-state index in [0.29, 0.717) is 12.4 Å². The molecule has 15 heavy (non-hydrogen) atoms. The molecule has 1 saturated heterocycles. The second kappa shape index (κ2) is 4.07. The van der Waals surface area contributed by atoms with Crippen molar-refractivity contribution in [1.82, 2.24) is 0 Å². The third kappa shape index (κ3) is 1.63. The predicted molar refractivity (Wildman–Crippen MR) is 60.1 cm³/mol. The molecule has 86 valence electrons. The Hall–Kier alpha value is -0.0600. The van der Waals surface area contributed by atoms with E-state index < -0.39 is 11.2 Å². The molecular formula is C11H18O3S. The number of carbonyl (C=O) groups excluding carboxylic acids is 1. The van der Waals surface area contributed by atoms with Crippen LogP contribution in [-0.4, -0.2) is 30.5 Å². The van der Waals surface area contributed by atoms with Gasteiger partial charge in [0, 0.05) is 12.2 Å². The van der Waals surface area contributed by atoms with Crippen molar-refractivity contribution < 1.29 is 14.3 Å². The molecule has 0 aromatic carbocycles. The highest BCUT2D eigenvalue weighted by molar-refractivity contribution is 7.80. The van der Waals surface area contributed by atoms with Crippen LogP contribution in [0.3, 0.4) is 0 Å². The average Bonchev–Trinajstić information content (AvgIpc) is 2.51. The normalized spacial score (nSPS) is 40.5. The van der Waals surface area contributed by atoms with E-state index in [0.717, 1.165) is 25.7 Å². The van der Waals surface area contributed by atoms with Crippen LogP contribution >= 0.6 is 12.6 Å². The van der Waals surface area contributed by atoms with E-state index in [1.54, 1.807) is 0 Å². The molecule has 1 aliphatic heterocycles. The van der Waals surface area contributed by atoms with Crippen LogP contribution in [0.25, 0.3) is 0 Å². The van der Waals surface area contributed by atoms with Gasteiger partial charge in [0.1, 0.15) is 6.61 Å². The van der Waals surface area contributed by atoms with E-state index in [1.165, 1.54) is 0 Å². The van der Waals surface area contributed by atoms with E-state index in [4.69, 9.17) is 9.47 Å². The summed E-state index contributed by atoms with van der Waals surface area (Å²) in [4.78, 5) is 11.9. The highest BCUT2D eigenvalue weighted by Crippen LogP contribution is 2.51. The molecule has 4 heteroatoms. The molecule has 1 heterocycles. The zero-order valence-electron chi connectivity index (χ0n) is 9.12. The Morgan fingerprint density at radius 3 is 2.93 bits per heavy atom. The van der Waals surface area contributed by atoms with Crippen LogP contribution in [0.1, 0.15) is 32.6 Å². The van der Waals surface area contributed by atoms with Gasteiger partial charge in [-0.1, -0.05) is 6.42 Å². The quantitative estimate of drug-likeness (QED) is 0.751. The number of hydrogen-bond donors (Lipinski definition) is 1. The number of thiol groups is 1. The van der Waals surface area contributed by atoms with Crippen molar-refractivity contribution in [2.24, 2.45) is 5.41 Å². The molecular weight excluding hydrogens is 212 g/mol. The minimum Gasteiger partial charge on any atom is -0.348 e. The SMILES string of the molecule is C[C@]12CCCC[C@@]1(OCCS)OCC2=O. The van der Waals surface area contributed by atoms with Crippen molar-refractivity contribution in [3.63, 3.8) is 0 Å². The highest BCUT2D eigenvalue weighted by atomic mass is 32.1. The van der Waals surface area contributed by atoms with Crippen molar-refractivity contribution in [3.05, 3.63) is 0 Å². The van der Waals surface area contributed by atoms with Gasteiger partial charge in [-0.15, -0.1) is 0 Å². The summed E-state index contributed by atoms with van der Waals surface area (Å²) in [6.45, 7) is 2.75. The van der Waals surface area contributed by atoms with Crippen LogP contribution in [0.2, 0.25) is 0 Å². The van der Waals surface area contributed by atoms with Crippen LogP contribution in [-0.2, 0) is 14.3 Å². The lowest BCUT2D eigenvalue weighted by Crippen LogP contribution is -2.51. The van der Waals surface area contributed by atoms with E-state index in [2.05, 4.69) is 12.6 Å². The van der Waals surface area contributed by atoms with Gasteiger partial charge in [-0.3, -0.25) is 4.79 Å². The molecule has 0 unspecified atom stereocenters. The van der Waals surface area contributed by atoms with Gasteiger partial charge in [0.25, 0.3) is 0 Å². The number of fused-ring (bicyclic) bond motifs is 1. The molecule has 2 aliphatic rings. The summed E-state index contributed by atoms with van der Waals surface area (Å²) in [6.07, 6.45) is 3.90. The van der Waals surface area contributed by atoms with Gasteiger partial charge in [-0.2, -0.15) is 12.6 Å². The summed E-state index contributed by atoms with van der Waals surface area (Å²) in [5, 5.41) is 0. The smallest absolute Gasteiger partial charge is 0.181 e. The highest BCUT2D eigenvalue weighted by Gasteiger charge is 2.60. The van der Waals surface area contributed by atoms with E-state index >= 15 is 0 Å². The molecule has 0 amide bonds. The second-order valence-corrected chi connectivity index (χ2v) is 5.02. The molecule has 2 rings (SSSR count). The molecule has 0 bridgehead atoms. The molecule has 1 aliphatic carbocycles. The number of ketones is 1. The third-order valence-electron chi connectivity index (χ3n) is 3.75. The lowest BCUT2D eigenvalue weighted by atomic mass is 9.69. The fraction of sp³-hybridized carbons (Fsp3) is 0.909. The van der Waals surface area contributed by atoms with Gasteiger partial charge < -0.3 is 9.47 Å². The number of ether oxygens (including phenoxy) is 2. The fourth-order valence-electron chi connectivity index (χ4n) is 2.71. The molecule has 0 radical (unpaired) electrons. The molecule has 3 nitrogen and oxygen atoms in total. The van der Waals surface area contributed by atoms with Gasteiger partial charge in [0.2, 0.25) is 0 Å². The van der Waals surface area contributed by atoms with Crippen molar-refractivity contribution in [3.8, 4) is 0 Å². The van der Waals surface area contributed by atoms with Gasteiger partial charge in [0.05, 0.1) is 12.0 Å². The Labute approximate surface area is 95.9 Å².